The zero-order valence-corrected chi connectivity index (χ0v) is 12.5. The number of carbonyl (C=O) groups excluding carboxylic acids is 1. The van der Waals surface area contributed by atoms with Crippen molar-refractivity contribution in [3.63, 3.8) is 0 Å². The van der Waals surface area contributed by atoms with Crippen LogP contribution in [0, 0.1) is 0 Å². The number of benzene rings is 1. The second-order valence-electron chi connectivity index (χ2n) is 5.12. The topological polar surface area (TPSA) is 91.8 Å². The van der Waals surface area contributed by atoms with E-state index >= 15 is 0 Å². The van der Waals surface area contributed by atoms with E-state index in [2.05, 4.69) is 0 Å². The summed E-state index contributed by atoms with van der Waals surface area (Å²) in [7, 11) is -3.55. The number of likely N-dealkylation sites (tertiary alicyclic amines) is 1. The van der Waals surface area contributed by atoms with Crippen LogP contribution in [0.15, 0.2) is 29.2 Å². The highest BCUT2D eigenvalue weighted by Gasteiger charge is 2.34. The summed E-state index contributed by atoms with van der Waals surface area (Å²) in [6.45, 7) is 0.327. The molecule has 2 rings (SSSR count). The summed E-state index contributed by atoms with van der Waals surface area (Å²) in [5.74, 6) is -1.59. The summed E-state index contributed by atoms with van der Waals surface area (Å²) < 4.78 is 23.5. The van der Waals surface area contributed by atoms with E-state index in [1.54, 1.807) is 6.07 Å². The molecule has 1 saturated heterocycles. The number of hydrogen-bond acceptors (Lipinski definition) is 4. The number of piperidine rings is 1. The maximum atomic E-state index is 12.6. The molecule has 0 aromatic heterocycles. The first-order valence-corrected chi connectivity index (χ1v) is 8.54. The normalized spacial score (nSPS) is 19.3. The molecule has 1 aromatic rings. The predicted octanol–water partition coefficient (Wildman–Crippen LogP) is 1.17. The monoisotopic (exact) mass is 311 g/mol. The Morgan fingerprint density at radius 2 is 1.90 bits per heavy atom. The van der Waals surface area contributed by atoms with Crippen LogP contribution < -0.4 is 0 Å². The van der Waals surface area contributed by atoms with Crippen molar-refractivity contribution in [3.8, 4) is 0 Å². The highest BCUT2D eigenvalue weighted by molar-refractivity contribution is 7.90. The Balaban J connectivity index is 2.42. The molecule has 1 aliphatic heterocycles. The SMILES string of the molecule is CS(=O)(=O)c1ccccc1C(=O)N1CCCC[C@@H]1C(=O)O. The van der Waals surface area contributed by atoms with Crippen LogP contribution in [-0.2, 0) is 14.6 Å². The van der Waals surface area contributed by atoms with Crippen LogP contribution in [0.25, 0.3) is 0 Å². The molecule has 1 aliphatic rings. The average Bonchev–Trinajstić information content (AvgIpc) is 2.45. The van der Waals surface area contributed by atoms with Gasteiger partial charge in [0.25, 0.3) is 5.91 Å². The number of carbonyl (C=O) groups is 2. The van der Waals surface area contributed by atoms with Crippen LogP contribution >= 0.6 is 0 Å². The molecule has 21 heavy (non-hydrogen) atoms. The number of amides is 1. The number of rotatable bonds is 3. The number of hydrogen-bond donors (Lipinski definition) is 1. The first-order chi connectivity index (χ1) is 9.82. The Morgan fingerprint density at radius 1 is 1.24 bits per heavy atom. The third-order valence-electron chi connectivity index (χ3n) is 3.57. The Kier molecular flexibility index (Phi) is 4.32. The molecule has 1 heterocycles. The van der Waals surface area contributed by atoms with Gasteiger partial charge < -0.3 is 10.0 Å². The minimum Gasteiger partial charge on any atom is -0.480 e. The molecule has 0 bridgehead atoms. The Morgan fingerprint density at radius 3 is 2.52 bits per heavy atom. The molecule has 0 aliphatic carbocycles. The van der Waals surface area contributed by atoms with Crippen molar-refractivity contribution in [2.45, 2.75) is 30.2 Å². The van der Waals surface area contributed by atoms with Crippen molar-refractivity contribution in [2.24, 2.45) is 0 Å². The van der Waals surface area contributed by atoms with Gasteiger partial charge in [-0.25, -0.2) is 13.2 Å². The third-order valence-corrected chi connectivity index (χ3v) is 4.72. The van der Waals surface area contributed by atoms with E-state index in [-0.39, 0.29) is 10.5 Å². The fourth-order valence-corrected chi connectivity index (χ4v) is 3.43. The molecular weight excluding hydrogens is 294 g/mol. The number of carboxylic acid groups (broad SMARTS) is 1. The van der Waals surface area contributed by atoms with E-state index in [9.17, 15) is 23.1 Å². The first kappa shape index (κ1) is 15.5. The first-order valence-electron chi connectivity index (χ1n) is 6.65. The molecule has 0 saturated carbocycles. The summed E-state index contributed by atoms with van der Waals surface area (Å²) in [5.41, 5.74) is 0.0353. The smallest absolute Gasteiger partial charge is 0.326 e. The Bertz CT molecular complexity index is 668. The predicted molar refractivity (Wildman–Crippen MR) is 75.9 cm³/mol. The van der Waals surface area contributed by atoms with E-state index in [1.165, 1.54) is 23.1 Å². The van der Waals surface area contributed by atoms with Gasteiger partial charge in [-0.05, 0) is 31.4 Å². The van der Waals surface area contributed by atoms with Gasteiger partial charge in [0, 0.05) is 12.8 Å². The number of nitrogens with zero attached hydrogens (tertiary/aromatic N) is 1. The zero-order valence-electron chi connectivity index (χ0n) is 11.7. The standard InChI is InChI=1S/C14H17NO5S/c1-21(19,20)12-8-3-2-6-10(12)13(16)15-9-5-4-7-11(15)14(17)18/h2-3,6,8,11H,4-5,7,9H2,1H3,(H,17,18)/t11-/m1/s1. The van der Waals surface area contributed by atoms with Gasteiger partial charge in [0.1, 0.15) is 6.04 Å². The highest BCUT2D eigenvalue weighted by atomic mass is 32.2. The van der Waals surface area contributed by atoms with Gasteiger partial charge in [-0.2, -0.15) is 0 Å². The van der Waals surface area contributed by atoms with Gasteiger partial charge in [0.2, 0.25) is 0 Å². The summed E-state index contributed by atoms with van der Waals surface area (Å²) in [4.78, 5) is 25.0. The highest BCUT2D eigenvalue weighted by Crippen LogP contribution is 2.23. The second kappa shape index (κ2) is 5.85. The van der Waals surface area contributed by atoms with Crippen molar-refractivity contribution in [3.05, 3.63) is 29.8 Å². The molecule has 0 spiro atoms. The molecule has 1 atom stereocenters. The van der Waals surface area contributed by atoms with Crippen molar-refractivity contribution < 1.29 is 23.1 Å². The summed E-state index contributed by atoms with van der Waals surface area (Å²) in [6, 6.07) is 5.01. The van der Waals surface area contributed by atoms with Crippen molar-refractivity contribution in [1.29, 1.82) is 0 Å². The number of aliphatic carboxylic acids is 1. The summed E-state index contributed by atoms with van der Waals surface area (Å²) >= 11 is 0. The van der Waals surface area contributed by atoms with E-state index < -0.39 is 27.8 Å². The minimum absolute atomic E-state index is 0.0353. The van der Waals surface area contributed by atoms with Crippen LogP contribution in [0.4, 0.5) is 0 Å². The van der Waals surface area contributed by atoms with Crippen molar-refractivity contribution in [2.75, 3.05) is 12.8 Å². The van der Waals surface area contributed by atoms with E-state index in [0.717, 1.165) is 19.1 Å². The minimum atomic E-state index is -3.55. The molecule has 6 nitrogen and oxygen atoms in total. The van der Waals surface area contributed by atoms with Crippen LogP contribution in [0.5, 0.6) is 0 Å². The molecule has 1 fully saturated rings. The van der Waals surface area contributed by atoms with Gasteiger partial charge in [-0.15, -0.1) is 0 Å². The second-order valence-corrected chi connectivity index (χ2v) is 7.10. The Hall–Kier alpha value is -1.89. The Labute approximate surface area is 123 Å². The van der Waals surface area contributed by atoms with Crippen LogP contribution in [0.1, 0.15) is 29.6 Å². The van der Waals surface area contributed by atoms with E-state index in [0.29, 0.717) is 13.0 Å². The van der Waals surface area contributed by atoms with Crippen LogP contribution in [0.3, 0.4) is 0 Å². The molecule has 114 valence electrons. The lowest BCUT2D eigenvalue weighted by atomic mass is 10.0. The van der Waals surface area contributed by atoms with Gasteiger partial charge in [0.15, 0.2) is 9.84 Å². The molecular formula is C14H17NO5S. The van der Waals surface area contributed by atoms with Crippen LogP contribution in [-0.4, -0.2) is 49.1 Å². The molecule has 0 radical (unpaired) electrons. The van der Waals surface area contributed by atoms with Gasteiger partial charge >= 0.3 is 5.97 Å². The maximum absolute atomic E-state index is 12.6. The number of sulfone groups is 1. The fourth-order valence-electron chi connectivity index (χ4n) is 2.55. The number of carboxylic acids is 1. The molecule has 7 heteroatoms. The van der Waals surface area contributed by atoms with E-state index in [1.807, 2.05) is 0 Å². The molecule has 1 amide bonds. The maximum Gasteiger partial charge on any atom is 0.326 e. The van der Waals surface area contributed by atoms with Crippen molar-refractivity contribution in [1.82, 2.24) is 4.90 Å². The van der Waals surface area contributed by atoms with Gasteiger partial charge in [-0.1, -0.05) is 12.1 Å². The zero-order chi connectivity index (χ0) is 15.6. The fraction of sp³-hybridized carbons (Fsp3) is 0.429. The lowest BCUT2D eigenvalue weighted by molar-refractivity contribution is -0.143. The van der Waals surface area contributed by atoms with Crippen LogP contribution in [0.2, 0.25) is 0 Å². The quantitative estimate of drug-likeness (QED) is 0.904. The molecule has 1 N–H and O–H groups in total. The molecule has 0 unspecified atom stereocenters. The molecule has 1 aromatic carbocycles. The van der Waals surface area contributed by atoms with Gasteiger partial charge in [0.05, 0.1) is 10.5 Å². The van der Waals surface area contributed by atoms with Crippen molar-refractivity contribution >= 4 is 21.7 Å². The summed E-state index contributed by atoms with van der Waals surface area (Å²) in [5, 5.41) is 9.22. The average molecular weight is 311 g/mol. The lowest BCUT2D eigenvalue weighted by Gasteiger charge is -2.33. The third kappa shape index (κ3) is 3.24. The van der Waals surface area contributed by atoms with E-state index in [4.69, 9.17) is 0 Å². The summed E-state index contributed by atoms with van der Waals surface area (Å²) in [6.07, 6.45) is 2.89. The lowest BCUT2D eigenvalue weighted by Crippen LogP contribution is -2.48. The van der Waals surface area contributed by atoms with Gasteiger partial charge in [-0.3, -0.25) is 4.79 Å². The largest absolute Gasteiger partial charge is 0.480 e.